The lowest BCUT2D eigenvalue weighted by Crippen LogP contribution is -2.38. The largest absolute Gasteiger partial charge is 0.387 e. The van der Waals surface area contributed by atoms with Crippen molar-refractivity contribution in [2.45, 2.75) is 32.7 Å². The normalized spacial score (nSPS) is 12.0. The summed E-state index contributed by atoms with van der Waals surface area (Å²) in [5.74, 6) is -0.118. The SMILES string of the molecule is CCCC(COC)NC(=O)c1cnc(C)cc1NC. The molecule has 0 saturated heterocycles. The third-order valence-corrected chi connectivity index (χ3v) is 2.89. The highest BCUT2D eigenvalue weighted by Crippen LogP contribution is 2.15. The fraction of sp³-hybridized carbons (Fsp3) is 0.571. The summed E-state index contributed by atoms with van der Waals surface area (Å²) < 4.78 is 5.12. The fourth-order valence-electron chi connectivity index (χ4n) is 1.96. The Kier molecular flexibility index (Phi) is 6.29. The summed E-state index contributed by atoms with van der Waals surface area (Å²) in [5, 5.41) is 6.01. The molecule has 0 aromatic carbocycles. The minimum Gasteiger partial charge on any atom is -0.387 e. The maximum atomic E-state index is 12.2. The summed E-state index contributed by atoms with van der Waals surface area (Å²) in [5.41, 5.74) is 2.23. The summed E-state index contributed by atoms with van der Waals surface area (Å²) in [6.45, 7) is 4.50. The van der Waals surface area contributed by atoms with Gasteiger partial charge in [0.2, 0.25) is 0 Å². The Hall–Kier alpha value is -1.62. The van der Waals surface area contributed by atoms with Crippen molar-refractivity contribution < 1.29 is 9.53 Å². The van der Waals surface area contributed by atoms with Crippen LogP contribution >= 0.6 is 0 Å². The summed E-state index contributed by atoms with van der Waals surface area (Å²) in [4.78, 5) is 16.4. The van der Waals surface area contributed by atoms with E-state index in [4.69, 9.17) is 4.74 Å². The Bertz CT molecular complexity index is 415. The average Bonchev–Trinajstić information content (AvgIpc) is 2.38. The van der Waals surface area contributed by atoms with Gasteiger partial charge in [0.05, 0.1) is 23.9 Å². The molecule has 19 heavy (non-hydrogen) atoms. The lowest BCUT2D eigenvalue weighted by atomic mass is 10.1. The van der Waals surface area contributed by atoms with Crippen molar-refractivity contribution in [1.82, 2.24) is 10.3 Å². The zero-order chi connectivity index (χ0) is 14.3. The molecule has 1 unspecified atom stereocenters. The van der Waals surface area contributed by atoms with Crippen LogP contribution in [0.25, 0.3) is 0 Å². The molecule has 0 radical (unpaired) electrons. The Labute approximate surface area is 114 Å². The molecule has 1 rings (SSSR count). The molecule has 1 atom stereocenters. The lowest BCUT2D eigenvalue weighted by Gasteiger charge is -2.18. The van der Waals surface area contributed by atoms with Crippen LogP contribution in [-0.2, 0) is 4.74 Å². The first-order valence-corrected chi connectivity index (χ1v) is 6.56. The second kappa shape index (κ2) is 7.74. The maximum absolute atomic E-state index is 12.2. The van der Waals surface area contributed by atoms with E-state index in [0.717, 1.165) is 24.2 Å². The minimum atomic E-state index is -0.118. The van der Waals surface area contributed by atoms with Crippen LogP contribution < -0.4 is 10.6 Å². The van der Waals surface area contributed by atoms with E-state index in [0.29, 0.717) is 12.2 Å². The molecule has 1 aromatic rings. The molecule has 0 aliphatic heterocycles. The number of methoxy groups -OCH3 is 1. The zero-order valence-electron chi connectivity index (χ0n) is 12.1. The van der Waals surface area contributed by atoms with Crippen molar-refractivity contribution in [1.29, 1.82) is 0 Å². The number of nitrogens with one attached hydrogen (secondary N) is 2. The van der Waals surface area contributed by atoms with Crippen LogP contribution in [0.4, 0.5) is 5.69 Å². The first kappa shape index (κ1) is 15.4. The predicted octanol–water partition coefficient (Wildman–Crippen LogP) is 1.98. The number of rotatable bonds is 7. The van der Waals surface area contributed by atoms with E-state index in [2.05, 4.69) is 22.5 Å². The summed E-state index contributed by atoms with van der Waals surface area (Å²) in [6, 6.07) is 1.90. The number of nitrogens with zero attached hydrogens (tertiary/aromatic N) is 1. The van der Waals surface area contributed by atoms with Crippen molar-refractivity contribution in [3.8, 4) is 0 Å². The van der Waals surface area contributed by atoms with Crippen LogP contribution in [-0.4, -0.2) is 37.7 Å². The van der Waals surface area contributed by atoms with E-state index in [1.54, 1.807) is 20.4 Å². The van der Waals surface area contributed by atoms with E-state index >= 15 is 0 Å². The Morgan fingerprint density at radius 3 is 2.84 bits per heavy atom. The molecular formula is C14H23N3O2. The van der Waals surface area contributed by atoms with Gasteiger partial charge in [-0.15, -0.1) is 0 Å². The first-order chi connectivity index (χ1) is 9.12. The van der Waals surface area contributed by atoms with Crippen molar-refractivity contribution in [3.05, 3.63) is 23.5 Å². The van der Waals surface area contributed by atoms with Gasteiger partial charge in [0.25, 0.3) is 5.91 Å². The monoisotopic (exact) mass is 265 g/mol. The molecule has 0 aliphatic carbocycles. The number of ether oxygens (including phenoxy) is 1. The molecule has 2 N–H and O–H groups in total. The average molecular weight is 265 g/mol. The molecule has 106 valence electrons. The number of anilines is 1. The lowest BCUT2D eigenvalue weighted by molar-refractivity contribution is 0.0892. The van der Waals surface area contributed by atoms with Crippen LogP contribution in [0.2, 0.25) is 0 Å². The quantitative estimate of drug-likeness (QED) is 0.791. The van der Waals surface area contributed by atoms with Gasteiger partial charge >= 0.3 is 0 Å². The highest BCUT2D eigenvalue weighted by Gasteiger charge is 2.16. The molecule has 0 spiro atoms. The number of aromatic nitrogens is 1. The van der Waals surface area contributed by atoms with Crippen LogP contribution in [0.5, 0.6) is 0 Å². The Morgan fingerprint density at radius 1 is 1.53 bits per heavy atom. The van der Waals surface area contributed by atoms with Gasteiger partial charge < -0.3 is 15.4 Å². The topological polar surface area (TPSA) is 63.2 Å². The molecule has 0 bridgehead atoms. The standard InChI is InChI=1S/C14H23N3O2/c1-5-6-11(9-19-4)17-14(18)12-8-16-10(2)7-13(12)15-3/h7-8,11H,5-6,9H2,1-4H3,(H,15,16)(H,17,18). The molecule has 0 saturated carbocycles. The minimum absolute atomic E-state index is 0.0357. The van der Waals surface area contributed by atoms with E-state index in [-0.39, 0.29) is 11.9 Å². The van der Waals surface area contributed by atoms with Gasteiger partial charge in [-0.3, -0.25) is 9.78 Å². The second-order valence-corrected chi connectivity index (χ2v) is 4.54. The number of aryl methyl sites for hydroxylation is 1. The van der Waals surface area contributed by atoms with Crippen LogP contribution in [0.1, 0.15) is 35.8 Å². The van der Waals surface area contributed by atoms with Crippen molar-refractivity contribution >= 4 is 11.6 Å². The van der Waals surface area contributed by atoms with Gasteiger partial charge in [0.15, 0.2) is 0 Å². The zero-order valence-corrected chi connectivity index (χ0v) is 12.1. The van der Waals surface area contributed by atoms with Crippen molar-refractivity contribution in [3.63, 3.8) is 0 Å². The van der Waals surface area contributed by atoms with E-state index in [1.165, 1.54) is 0 Å². The molecule has 0 fully saturated rings. The smallest absolute Gasteiger partial charge is 0.255 e. The molecule has 5 heteroatoms. The first-order valence-electron chi connectivity index (χ1n) is 6.56. The number of hydrogen-bond donors (Lipinski definition) is 2. The highest BCUT2D eigenvalue weighted by atomic mass is 16.5. The van der Waals surface area contributed by atoms with Gasteiger partial charge in [-0.1, -0.05) is 13.3 Å². The maximum Gasteiger partial charge on any atom is 0.255 e. The predicted molar refractivity (Wildman–Crippen MR) is 76.6 cm³/mol. The third-order valence-electron chi connectivity index (χ3n) is 2.89. The van der Waals surface area contributed by atoms with Gasteiger partial charge in [0.1, 0.15) is 0 Å². The second-order valence-electron chi connectivity index (χ2n) is 4.54. The van der Waals surface area contributed by atoms with Crippen LogP contribution in [0.15, 0.2) is 12.3 Å². The molecule has 5 nitrogen and oxygen atoms in total. The summed E-state index contributed by atoms with van der Waals surface area (Å²) in [7, 11) is 3.44. The molecule has 0 aliphatic rings. The van der Waals surface area contributed by atoms with E-state index < -0.39 is 0 Å². The summed E-state index contributed by atoms with van der Waals surface area (Å²) in [6.07, 6.45) is 3.50. The van der Waals surface area contributed by atoms with Crippen LogP contribution in [0.3, 0.4) is 0 Å². The molecule has 1 amide bonds. The number of carbonyl (C=O) groups excluding carboxylic acids is 1. The van der Waals surface area contributed by atoms with Gasteiger partial charge in [-0.05, 0) is 19.4 Å². The molecular weight excluding hydrogens is 242 g/mol. The van der Waals surface area contributed by atoms with Crippen LogP contribution in [0, 0.1) is 6.92 Å². The fourth-order valence-corrected chi connectivity index (χ4v) is 1.96. The number of amides is 1. The number of carbonyl (C=O) groups is 1. The van der Waals surface area contributed by atoms with Gasteiger partial charge in [0, 0.05) is 26.0 Å². The van der Waals surface area contributed by atoms with E-state index in [1.807, 2.05) is 13.0 Å². The number of hydrogen-bond acceptors (Lipinski definition) is 4. The van der Waals surface area contributed by atoms with Crippen molar-refractivity contribution in [2.75, 3.05) is 26.1 Å². The van der Waals surface area contributed by atoms with Gasteiger partial charge in [-0.2, -0.15) is 0 Å². The third kappa shape index (κ3) is 4.52. The Morgan fingerprint density at radius 2 is 2.26 bits per heavy atom. The molecule has 1 heterocycles. The molecule has 1 aromatic heterocycles. The number of pyridine rings is 1. The van der Waals surface area contributed by atoms with Crippen molar-refractivity contribution in [2.24, 2.45) is 0 Å². The Balaban J connectivity index is 2.81. The van der Waals surface area contributed by atoms with Gasteiger partial charge in [-0.25, -0.2) is 0 Å². The summed E-state index contributed by atoms with van der Waals surface area (Å²) >= 11 is 0. The van der Waals surface area contributed by atoms with E-state index in [9.17, 15) is 4.79 Å². The highest BCUT2D eigenvalue weighted by molar-refractivity contribution is 5.99.